The molecule has 0 amide bonds. The zero-order valence-electron chi connectivity index (χ0n) is 15.4. The fourth-order valence-electron chi connectivity index (χ4n) is 2.95. The van der Waals surface area contributed by atoms with E-state index >= 15 is 0 Å². The topological polar surface area (TPSA) is 47.8 Å². The highest BCUT2D eigenvalue weighted by molar-refractivity contribution is 8.24. The minimum atomic E-state index is -0.329. The average Bonchev–Trinajstić information content (AvgIpc) is 2.80. The number of thiocarbonyl (C=S) groups is 1. The first-order valence-corrected chi connectivity index (χ1v) is 9.58. The van der Waals surface area contributed by atoms with Crippen molar-refractivity contribution in [2.45, 2.75) is 44.5 Å². The fraction of sp³-hybridized carbons (Fsp3) is 0.556. The minimum Gasteiger partial charge on any atom is -0.622 e. The monoisotopic (exact) mass is 382 g/mol. The van der Waals surface area contributed by atoms with Crippen LogP contribution >= 0.6 is 24.0 Å². The van der Waals surface area contributed by atoms with E-state index in [4.69, 9.17) is 21.7 Å². The number of rotatable bonds is 7. The number of hydrogen-bond donors (Lipinski definition) is 0. The average molecular weight is 383 g/mol. The van der Waals surface area contributed by atoms with Gasteiger partial charge in [0.25, 0.3) is 6.17 Å². The molecule has 1 aromatic rings. The van der Waals surface area contributed by atoms with E-state index in [0.717, 1.165) is 34.0 Å². The zero-order valence-corrected chi connectivity index (χ0v) is 17.1. The quantitative estimate of drug-likeness (QED) is 0.235. The predicted molar refractivity (Wildman–Crippen MR) is 108 cm³/mol. The fourth-order valence-corrected chi connectivity index (χ4v) is 4.88. The number of methoxy groups -OCH3 is 2. The Kier molecular flexibility index (Phi) is 6.57. The summed E-state index contributed by atoms with van der Waals surface area (Å²) in [5, 5.41) is 13.0. The molecule has 1 atom stereocenters. The summed E-state index contributed by atoms with van der Waals surface area (Å²) in [6.07, 6.45) is 3.35. The van der Waals surface area contributed by atoms with Gasteiger partial charge in [-0.25, -0.2) is 0 Å². The van der Waals surface area contributed by atoms with Crippen LogP contribution in [-0.2, 0) is 0 Å². The van der Waals surface area contributed by atoms with Gasteiger partial charge in [0.2, 0.25) is 0 Å². The van der Waals surface area contributed by atoms with Crippen LogP contribution in [0, 0.1) is 5.21 Å². The normalized spacial score (nSPS) is 20.0. The van der Waals surface area contributed by atoms with Crippen molar-refractivity contribution in [1.82, 2.24) is 4.90 Å². The molecule has 25 heavy (non-hydrogen) atoms. The van der Waals surface area contributed by atoms with Crippen molar-refractivity contribution in [2.75, 3.05) is 20.8 Å². The smallest absolute Gasteiger partial charge is 0.254 e. The summed E-state index contributed by atoms with van der Waals surface area (Å²) >= 11 is 7.10. The van der Waals surface area contributed by atoms with Crippen molar-refractivity contribution >= 4 is 34.5 Å². The van der Waals surface area contributed by atoms with Gasteiger partial charge < -0.3 is 14.7 Å². The maximum Gasteiger partial charge on any atom is 0.254 e. The molecule has 1 aliphatic rings. The van der Waals surface area contributed by atoms with Gasteiger partial charge >= 0.3 is 0 Å². The number of benzene rings is 1. The van der Waals surface area contributed by atoms with Gasteiger partial charge in [-0.2, -0.15) is 4.74 Å². The van der Waals surface area contributed by atoms with Crippen molar-refractivity contribution in [3.63, 3.8) is 0 Å². The lowest BCUT2D eigenvalue weighted by Crippen LogP contribution is -2.48. The van der Waals surface area contributed by atoms with Crippen molar-refractivity contribution in [3.8, 4) is 11.5 Å². The van der Waals surface area contributed by atoms with Crippen LogP contribution in [0.15, 0.2) is 18.2 Å². The van der Waals surface area contributed by atoms with E-state index in [2.05, 4.69) is 20.8 Å². The Morgan fingerprint density at radius 2 is 2.00 bits per heavy atom. The van der Waals surface area contributed by atoms with E-state index in [-0.39, 0.29) is 10.9 Å². The van der Waals surface area contributed by atoms with Gasteiger partial charge in [0.15, 0.2) is 17.7 Å². The SMILES string of the molecule is CCCCN1C(=S)SC(C)(C)[C@H]1/[N+]([O-])=C/c1ccc(OC)c(OC)c1. The lowest BCUT2D eigenvalue weighted by atomic mass is 10.1. The van der Waals surface area contributed by atoms with Crippen LogP contribution < -0.4 is 9.47 Å². The minimum absolute atomic E-state index is 0.278. The Morgan fingerprint density at radius 3 is 2.60 bits per heavy atom. The van der Waals surface area contributed by atoms with E-state index in [1.807, 2.05) is 11.0 Å². The van der Waals surface area contributed by atoms with Crippen LogP contribution in [0.4, 0.5) is 0 Å². The third kappa shape index (κ3) is 4.39. The summed E-state index contributed by atoms with van der Waals surface area (Å²) in [6.45, 7) is 7.06. The highest BCUT2D eigenvalue weighted by Gasteiger charge is 2.50. The molecule has 1 saturated heterocycles. The Labute approximate surface area is 159 Å². The number of unbranched alkanes of at least 4 members (excludes halogenated alkanes) is 1. The molecule has 1 aliphatic heterocycles. The second kappa shape index (κ2) is 8.27. The van der Waals surface area contributed by atoms with Crippen LogP contribution in [0.1, 0.15) is 39.2 Å². The van der Waals surface area contributed by atoms with E-state index in [0.29, 0.717) is 11.5 Å². The van der Waals surface area contributed by atoms with Crippen LogP contribution in [0.25, 0.3) is 0 Å². The molecular weight excluding hydrogens is 356 g/mol. The molecule has 0 saturated carbocycles. The molecular formula is C18H26N2O3S2. The molecule has 0 radical (unpaired) electrons. The lowest BCUT2D eigenvalue weighted by Gasteiger charge is -2.29. The highest BCUT2D eigenvalue weighted by Crippen LogP contribution is 2.41. The Bertz CT molecular complexity index is 662. The molecule has 0 bridgehead atoms. The predicted octanol–water partition coefficient (Wildman–Crippen LogP) is 3.87. The van der Waals surface area contributed by atoms with Crippen LogP contribution in [0.5, 0.6) is 11.5 Å². The number of hydroxylamine groups is 1. The maximum absolute atomic E-state index is 13.0. The van der Waals surface area contributed by atoms with Crippen molar-refractivity contribution in [3.05, 3.63) is 29.0 Å². The largest absolute Gasteiger partial charge is 0.622 e. The summed E-state index contributed by atoms with van der Waals surface area (Å²) in [5.41, 5.74) is 0.765. The first kappa shape index (κ1) is 19.8. The molecule has 5 nitrogen and oxygen atoms in total. The Morgan fingerprint density at radius 1 is 1.32 bits per heavy atom. The first-order valence-electron chi connectivity index (χ1n) is 8.36. The molecule has 0 aliphatic carbocycles. The third-order valence-electron chi connectivity index (χ3n) is 4.18. The number of hydrogen-bond acceptors (Lipinski definition) is 5. The summed E-state index contributed by atoms with van der Waals surface area (Å²) in [6, 6.07) is 5.44. The van der Waals surface area contributed by atoms with Gasteiger partial charge in [-0.3, -0.25) is 4.90 Å². The summed E-state index contributed by atoms with van der Waals surface area (Å²) in [4.78, 5) is 2.05. The Hall–Kier alpha value is -1.47. The number of nitrogens with zero attached hydrogens (tertiary/aromatic N) is 2. The zero-order chi connectivity index (χ0) is 18.6. The van der Waals surface area contributed by atoms with Gasteiger partial charge in [-0.1, -0.05) is 37.3 Å². The van der Waals surface area contributed by atoms with Crippen LogP contribution in [0.3, 0.4) is 0 Å². The first-order chi connectivity index (χ1) is 11.8. The van der Waals surface area contributed by atoms with Crippen molar-refractivity contribution < 1.29 is 14.2 Å². The third-order valence-corrected chi connectivity index (χ3v) is 5.81. The highest BCUT2D eigenvalue weighted by atomic mass is 32.2. The molecule has 0 unspecified atom stereocenters. The van der Waals surface area contributed by atoms with Crippen molar-refractivity contribution in [1.29, 1.82) is 0 Å². The van der Waals surface area contributed by atoms with Crippen molar-refractivity contribution in [2.24, 2.45) is 0 Å². The molecule has 0 aromatic heterocycles. The second-order valence-corrected chi connectivity index (χ2v) is 8.78. The van der Waals surface area contributed by atoms with Gasteiger partial charge in [0, 0.05) is 12.1 Å². The molecule has 0 spiro atoms. The molecule has 7 heteroatoms. The number of thioether (sulfide) groups is 1. The van der Waals surface area contributed by atoms with E-state index in [1.54, 1.807) is 44.3 Å². The standard InChI is InChI=1S/C18H26N2O3S2/c1-6-7-10-19-16(18(2,3)25-17(19)24)20(21)12-13-8-9-14(22-4)15(11-13)23-5/h8-9,11-12,16H,6-7,10H2,1-5H3/b20-12-/t16-/m1/s1. The van der Waals surface area contributed by atoms with E-state index in [9.17, 15) is 5.21 Å². The molecule has 1 heterocycles. The Balaban J connectivity index is 2.34. The molecule has 0 N–H and O–H groups in total. The maximum atomic E-state index is 13.0. The summed E-state index contributed by atoms with van der Waals surface area (Å²) in [5.74, 6) is 1.24. The van der Waals surface area contributed by atoms with Crippen LogP contribution in [-0.4, -0.2) is 51.9 Å². The van der Waals surface area contributed by atoms with Crippen LogP contribution in [0.2, 0.25) is 0 Å². The summed E-state index contributed by atoms with van der Waals surface area (Å²) < 4.78 is 12.1. The summed E-state index contributed by atoms with van der Waals surface area (Å²) in [7, 11) is 3.17. The lowest BCUT2D eigenvalue weighted by molar-refractivity contribution is -0.523. The molecule has 138 valence electrons. The molecule has 2 rings (SSSR count). The molecule has 1 aromatic carbocycles. The number of ether oxygens (including phenoxy) is 2. The van der Waals surface area contributed by atoms with Gasteiger partial charge in [0.05, 0.1) is 14.2 Å². The van der Waals surface area contributed by atoms with Gasteiger partial charge in [0.1, 0.15) is 9.07 Å². The van der Waals surface area contributed by atoms with Gasteiger partial charge in [-0.15, -0.1) is 0 Å². The van der Waals surface area contributed by atoms with Gasteiger partial charge in [-0.05, 0) is 38.5 Å². The van der Waals surface area contributed by atoms with E-state index < -0.39 is 0 Å². The second-order valence-electron chi connectivity index (χ2n) is 6.50. The van der Waals surface area contributed by atoms with E-state index in [1.165, 1.54) is 0 Å². The molecule has 1 fully saturated rings.